The van der Waals surface area contributed by atoms with Gasteiger partial charge < -0.3 is 4.42 Å². The first-order valence-electron chi connectivity index (χ1n) is 15.9. The number of furan rings is 1. The van der Waals surface area contributed by atoms with E-state index in [-0.39, 0.29) is 0 Å². The summed E-state index contributed by atoms with van der Waals surface area (Å²) in [6.07, 6.45) is 0. The molecule has 0 N–H and O–H groups in total. The van der Waals surface area contributed by atoms with Crippen molar-refractivity contribution in [3.63, 3.8) is 0 Å². The van der Waals surface area contributed by atoms with Crippen molar-refractivity contribution in [2.75, 3.05) is 0 Å². The number of hydrogen-bond acceptors (Lipinski definition) is 3. The van der Waals surface area contributed by atoms with E-state index in [1.165, 1.54) is 89.4 Å². The third-order valence-corrected chi connectivity index (χ3v) is 12.2. The Morgan fingerprint density at radius 1 is 0.340 bits per heavy atom. The summed E-state index contributed by atoms with van der Waals surface area (Å²) in [6, 6.07) is 53.2. The zero-order valence-electron chi connectivity index (χ0n) is 25.1. The van der Waals surface area contributed by atoms with Crippen molar-refractivity contribution in [2.45, 2.75) is 0 Å². The second-order valence-corrected chi connectivity index (χ2v) is 14.5. The normalized spacial score (nSPS) is 12.3. The molecule has 0 saturated heterocycles. The summed E-state index contributed by atoms with van der Waals surface area (Å²) in [5.41, 5.74) is 6.81. The van der Waals surface area contributed by atoms with Crippen LogP contribution in [0.15, 0.2) is 150 Å². The third-order valence-electron chi connectivity index (χ3n) is 9.88. The number of benzene rings is 8. The first-order chi connectivity index (χ1) is 23.3. The molecule has 0 saturated carbocycles. The van der Waals surface area contributed by atoms with Gasteiger partial charge in [0.1, 0.15) is 11.2 Å². The molecule has 0 aliphatic heterocycles. The zero-order chi connectivity index (χ0) is 30.6. The van der Waals surface area contributed by atoms with E-state index in [0.29, 0.717) is 0 Å². The van der Waals surface area contributed by atoms with Gasteiger partial charge in [-0.05, 0) is 51.4 Å². The molecule has 11 aromatic rings. The molecule has 218 valence electrons. The lowest BCUT2D eigenvalue weighted by atomic mass is 9.85. The van der Waals surface area contributed by atoms with Crippen molar-refractivity contribution in [2.24, 2.45) is 0 Å². The molecular formula is C44H24OS2. The number of rotatable bonds is 2. The SMILES string of the molecule is c1ccc2c(c1)sc1c(-c3c4ccccc4c(-c4cccc5c4oc4ccc6sc7ccccc7c6c45)c4ccccc34)cccc12. The van der Waals surface area contributed by atoms with Gasteiger partial charge in [-0.1, -0.05) is 121 Å². The van der Waals surface area contributed by atoms with Crippen LogP contribution in [0.2, 0.25) is 0 Å². The van der Waals surface area contributed by atoms with E-state index in [2.05, 4.69) is 146 Å². The topological polar surface area (TPSA) is 13.1 Å². The van der Waals surface area contributed by atoms with Crippen LogP contribution in [0, 0.1) is 0 Å². The smallest absolute Gasteiger partial charge is 0.143 e. The summed E-state index contributed by atoms with van der Waals surface area (Å²) < 4.78 is 12.1. The molecule has 3 heteroatoms. The van der Waals surface area contributed by atoms with Crippen LogP contribution in [0.5, 0.6) is 0 Å². The summed E-state index contributed by atoms with van der Waals surface area (Å²) in [5.74, 6) is 0. The van der Waals surface area contributed by atoms with Crippen molar-refractivity contribution in [1.29, 1.82) is 0 Å². The number of hydrogen-bond donors (Lipinski definition) is 0. The Kier molecular flexibility index (Phi) is 5.20. The molecule has 8 aromatic carbocycles. The molecule has 11 rings (SSSR count). The van der Waals surface area contributed by atoms with Gasteiger partial charge in [-0.2, -0.15) is 0 Å². The maximum absolute atomic E-state index is 6.87. The van der Waals surface area contributed by atoms with Crippen LogP contribution in [0.25, 0.3) is 106 Å². The zero-order valence-corrected chi connectivity index (χ0v) is 26.7. The average Bonchev–Trinajstić information content (AvgIpc) is 3.82. The Hall–Kier alpha value is -5.48. The Bertz CT molecular complexity index is 3020. The molecule has 0 spiro atoms. The maximum Gasteiger partial charge on any atom is 0.143 e. The second-order valence-electron chi connectivity index (χ2n) is 12.3. The first kappa shape index (κ1) is 25.7. The fraction of sp³-hybridized carbons (Fsp3) is 0. The standard InChI is InChI=1S/C44H24OS2/c1-3-14-28-26(12-1)39(27-13-2-4-15-29(27)40(28)34-20-9-17-30-25-11-5-7-21-36(25)47-44(30)34)32-18-10-19-33-41-35(45-43(32)33)23-24-38-42(41)31-16-6-8-22-37(31)46-38/h1-24H. The fourth-order valence-electron chi connectivity index (χ4n) is 7.95. The van der Waals surface area contributed by atoms with E-state index in [0.717, 1.165) is 16.7 Å². The van der Waals surface area contributed by atoms with Crippen LogP contribution < -0.4 is 0 Å². The third kappa shape index (κ3) is 3.48. The average molecular weight is 633 g/mol. The van der Waals surface area contributed by atoms with Crippen molar-refractivity contribution in [3.8, 4) is 22.3 Å². The van der Waals surface area contributed by atoms with Gasteiger partial charge in [0, 0.05) is 67.8 Å². The first-order valence-corrected chi connectivity index (χ1v) is 17.6. The Labute approximate surface area is 277 Å². The number of fused-ring (bicyclic) bond motifs is 12. The number of thiophene rings is 2. The van der Waals surface area contributed by atoms with Crippen molar-refractivity contribution >= 4 is 107 Å². The molecule has 0 atom stereocenters. The second kappa shape index (κ2) is 9.52. The monoisotopic (exact) mass is 632 g/mol. The molecular weight excluding hydrogens is 609 g/mol. The summed E-state index contributed by atoms with van der Waals surface area (Å²) in [7, 11) is 0. The van der Waals surface area contributed by atoms with Crippen molar-refractivity contribution in [3.05, 3.63) is 146 Å². The van der Waals surface area contributed by atoms with E-state index < -0.39 is 0 Å². The van der Waals surface area contributed by atoms with E-state index in [4.69, 9.17) is 4.42 Å². The summed E-state index contributed by atoms with van der Waals surface area (Å²) in [6.45, 7) is 0. The van der Waals surface area contributed by atoms with E-state index >= 15 is 0 Å². The van der Waals surface area contributed by atoms with Crippen LogP contribution in [0.1, 0.15) is 0 Å². The molecule has 0 unspecified atom stereocenters. The van der Waals surface area contributed by atoms with E-state index in [1.54, 1.807) is 0 Å². The molecule has 0 amide bonds. The van der Waals surface area contributed by atoms with Crippen LogP contribution in [0.3, 0.4) is 0 Å². The molecule has 0 aliphatic carbocycles. The van der Waals surface area contributed by atoms with Crippen LogP contribution in [-0.2, 0) is 0 Å². The molecule has 3 aromatic heterocycles. The van der Waals surface area contributed by atoms with Crippen molar-refractivity contribution in [1.82, 2.24) is 0 Å². The quantitative estimate of drug-likeness (QED) is 0.173. The minimum atomic E-state index is 0.935. The lowest BCUT2D eigenvalue weighted by molar-refractivity contribution is 0.670. The summed E-state index contributed by atoms with van der Waals surface area (Å²) >= 11 is 3.75. The Morgan fingerprint density at radius 2 is 0.872 bits per heavy atom. The minimum absolute atomic E-state index is 0.935. The maximum atomic E-state index is 6.87. The predicted molar refractivity (Wildman–Crippen MR) is 205 cm³/mol. The molecule has 0 fully saturated rings. The van der Waals surface area contributed by atoms with Crippen molar-refractivity contribution < 1.29 is 4.42 Å². The molecule has 3 heterocycles. The highest BCUT2D eigenvalue weighted by molar-refractivity contribution is 7.26. The fourth-order valence-corrected chi connectivity index (χ4v) is 10.3. The van der Waals surface area contributed by atoms with Gasteiger partial charge in [0.15, 0.2) is 0 Å². The van der Waals surface area contributed by atoms with Gasteiger partial charge in [-0.15, -0.1) is 22.7 Å². The highest BCUT2D eigenvalue weighted by Gasteiger charge is 2.23. The molecule has 0 bridgehead atoms. The highest BCUT2D eigenvalue weighted by atomic mass is 32.1. The van der Waals surface area contributed by atoms with Crippen LogP contribution in [0.4, 0.5) is 0 Å². The van der Waals surface area contributed by atoms with E-state index in [9.17, 15) is 0 Å². The largest absolute Gasteiger partial charge is 0.455 e. The number of para-hydroxylation sites is 1. The van der Waals surface area contributed by atoms with Gasteiger partial charge in [-0.3, -0.25) is 0 Å². The van der Waals surface area contributed by atoms with Gasteiger partial charge >= 0.3 is 0 Å². The lowest BCUT2D eigenvalue weighted by Crippen LogP contribution is -1.91. The molecule has 0 radical (unpaired) electrons. The molecule has 1 nitrogen and oxygen atoms in total. The van der Waals surface area contributed by atoms with E-state index in [1.807, 2.05) is 22.7 Å². The Balaban J connectivity index is 1.28. The Morgan fingerprint density at radius 3 is 1.57 bits per heavy atom. The van der Waals surface area contributed by atoms with Gasteiger partial charge in [-0.25, -0.2) is 0 Å². The molecule has 47 heavy (non-hydrogen) atoms. The van der Waals surface area contributed by atoms with Crippen LogP contribution in [-0.4, -0.2) is 0 Å². The summed E-state index contributed by atoms with van der Waals surface area (Å²) in [5, 5.41) is 12.6. The predicted octanol–water partition coefficient (Wildman–Crippen LogP) is 14.0. The summed E-state index contributed by atoms with van der Waals surface area (Å²) in [4.78, 5) is 0. The highest BCUT2D eigenvalue weighted by Crippen LogP contribution is 2.50. The molecule has 0 aliphatic rings. The van der Waals surface area contributed by atoms with Crippen LogP contribution >= 0.6 is 22.7 Å². The lowest BCUT2D eigenvalue weighted by Gasteiger charge is -2.18. The minimum Gasteiger partial charge on any atom is -0.455 e. The van der Waals surface area contributed by atoms with Gasteiger partial charge in [0.25, 0.3) is 0 Å². The van der Waals surface area contributed by atoms with Gasteiger partial charge in [0.05, 0.1) is 0 Å². The van der Waals surface area contributed by atoms with Gasteiger partial charge in [0.2, 0.25) is 0 Å².